The van der Waals surface area contributed by atoms with Crippen LogP contribution in [0.2, 0.25) is 5.02 Å². The van der Waals surface area contributed by atoms with E-state index in [0.29, 0.717) is 28.7 Å². The molecule has 2 rings (SSSR count). The Morgan fingerprint density at radius 2 is 1.96 bits per heavy atom. The maximum absolute atomic E-state index is 11.9. The summed E-state index contributed by atoms with van der Waals surface area (Å²) in [4.78, 5) is 11.9. The van der Waals surface area contributed by atoms with E-state index in [1.807, 2.05) is 13.0 Å². The van der Waals surface area contributed by atoms with Crippen molar-refractivity contribution in [3.63, 3.8) is 0 Å². The molecule has 0 atom stereocenters. The summed E-state index contributed by atoms with van der Waals surface area (Å²) in [5.74, 6) is 0.966. The van der Waals surface area contributed by atoms with Crippen LogP contribution in [0.5, 0.6) is 11.5 Å². The second-order valence-electron chi connectivity index (χ2n) is 4.55. The van der Waals surface area contributed by atoms with Gasteiger partial charge >= 0.3 is 0 Å². The van der Waals surface area contributed by atoms with Gasteiger partial charge in [-0.1, -0.05) is 11.6 Å². The highest BCUT2D eigenvalue weighted by Crippen LogP contribution is 2.27. The van der Waals surface area contributed by atoms with E-state index < -0.39 is 0 Å². The van der Waals surface area contributed by atoms with Crippen LogP contribution in [0.4, 0.5) is 0 Å². The molecule has 6 heteroatoms. The molecule has 0 fully saturated rings. The van der Waals surface area contributed by atoms with Gasteiger partial charge in [0, 0.05) is 10.6 Å². The minimum atomic E-state index is -0.309. The number of nitrogens with one attached hydrogen (secondary N) is 1. The summed E-state index contributed by atoms with van der Waals surface area (Å²) in [6, 6.07) is 12.0. The highest BCUT2D eigenvalue weighted by Gasteiger charge is 2.05. The first-order valence-electron chi connectivity index (χ1n) is 7.04. The molecule has 0 spiro atoms. The fourth-order valence-corrected chi connectivity index (χ4v) is 2.00. The van der Waals surface area contributed by atoms with Crippen LogP contribution in [0.15, 0.2) is 47.6 Å². The molecule has 23 heavy (non-hydrogen) atoms. The molecule has 0 unspecified atom stereocenters. The first-order chi connectivity index (χ1) is 11.1. The Hall–Kier alpha value is -2.53. The van der Waals surface area contributed by atoms with Gasteiger partial charge in [0.05, 0.1) is 19.9 Å². The van der Waals surface area contributed by atoms with E-state index in [1.54, 1.807) is 43.5 Å². The Labute approximate surface area is 139 Å². The molecule has 1 N–H and O–H groups in total. The predicted octanol–water partition coefficient (Wildman–Crippen LogP) is 3.51. The number of carbonyl (C=O) groups excluding carboxylic acids is 1. The molecule has 0 aliphatic heterocycles. The number of hydrogen-bond acceptors (Lipinski definition) is 4. The standard InChI is InChI=1S/C17H17ClN2O3/c1-3-23-16-10-12(4-9-15(16)22-2)11-19-20-17(21)13-5-7-14(18)8-6-13/h4-11H,3H2,1-2H3,(H,20,21)/b19-11+. The Balaban J connectivity index is 2.03. The molecular formula is C17H17ClN2O3. The van der Waals surface area contributed by atoms with Crippen molar-refractivity contribution in [2.45, 2.75) is 6.92 Å². The molecule has 0 aromatic heterocycles. The first-order valence-corrected chi connectivity index (χ1v) is 7.41. The van der Waals surface area contributed by atoms with Crippen molar-refractivity contribution >= 4 is 23.7 Å². The largest absolute Gasteiger partial charge is 0.493 e. The topological polar surface area (TPSA) is 59.9 Å². The minimum absolute atomic E-state index is 0.309. The van der Waals surface area contributed by atoms with Gasteiger partial charge in [0.15, 0.2) is 11.5 Å². The van der Waals surface area contributed by atoms with Gasteiger partial charge < -0.3 is 9.47 Å². The van der Waals surface area contributed by atoms with Crippen LogP contribution in [-0.2, 0) is 0 Å². The number of methoxy groups -OCH3 is 1. The lowest BCUT2D eigenvalue weighted by Crippen LogP contribution is -2.17. The number of hydrogen-bond donors (Lipinski definition) is 1. The number of benzene rings is 2. The highest BCUT2D eigenvalue weighted by molar-refractivity contribution is 6.30. The zero-order valence-electron chi connectivity index (χ0n) is 12.9. The summed E-state index contributed by atoms with van der Waals surface area (Å²) < 4.78 is 10.7. The predicted molar refractivity (Wildman–Crippen MR) is 90.7 cm³/mol. The Morgan fingerprint density at radius 3 is 2.61 bits per heavy atom. The van der Waals surface area contributed by atoms with Gasteiger partial charge in [0.25, 0.3) is 5.91 Å². The molecule has 1 amide bonds. The monoisotopic (exact) mass is 332 g/mol. The van der Waals surface area contributed by atoms with Crippen molar-refractivity contribution in [2.24, 2.45) is 5.10 Å². The maximum atomic E-state index is 11.9. The molecule has 0 radical (unpaired) electrons. The number of nitrogens with zero attached hydrogens (tertiary/aromatic N) is 1. The minimum Gasteiger partial charge on any atom is -0.493 e. The van der Waals surface area contributed by atoms with Gasteiger partial charge in [-0.15, -0.1) is 0 Å². The van der Waals surface area contributed by atoms with Gasteiger partial charge in [-0.2, -0.15) is 5.10 Å². The lowest BCUT2D eigenvalue weighted by molar-refractivity contribution is 0.0955. The Kier molecular flexibility index (Phi) is 6.00. The van der Waals surface area contributed by atoms with Crippen molar-refractivity contribution in [3.05, 3.63) is 58.6 Å². The van der Waals surface area contributed by atoms with Crippen LogP contribution in [0.25, 0.3) is 0 Å². The number of hydrazone groups is 1. The van der Waals surface area contributed by atoms with Crippen molar-refractivity contribution in [1.29, 1.82) is 0 Å². The van der Waals surface area contributed by atoms with Crippen LogP contribution in [0.1, 0.15) is 22.8 Å². The summed E-state index contributed by atoms with van der Waals surface area (Å²) in [6.45, 7) is 2.43. The summed E-state index contributed by atoms with van der Waals surface area (Å²) in [5, 5.41) is 4.52. The maximum Gasteiger partial charge on any atom is 0.271 e. The van der Waals surface area contributed by atoms with Crippen molar-refractivity contribution < 1.29 is 14.3 Å². The number of halogens is 1. The van der Waals surface area contributed by atoms with Crippen LogP contribution in [0.3, 0.4) is 0 Å². The highest BCUT2D eigenvalue weighted by atomic mass is 35.5. The second-order valence-corrected chi connectivity index (χ2v) is 4.99. The zero-order valence-corrected chi connectivity index (χ0v) is 13.6. The first kappa shape index (κ1) is 16.8. The SMILES string of the molecule is CCOc1cc(/C=N/NC(=O)c2ccc(Cl)cc2)ccc1OC. The molecule has 0 saturated carbocycles. The molecule has 0 heterocycles. The third-order valence-electron chi connectivity index (χ3n) is 2.97. The molecule has 0 saturated heterocycles. The third-order valence-corrected chi connectivity index (χ3v) is 3.23. The fraction of sp³-hybridized carbons (Fsp3) is 0.176. The average molecular weight is 333 g/mol. The van der Waals surface area contributed by atoms with Crippen molar-refractivity contribution in [2.75, 3.05) is 13.7 Å². The summed E-state index contributed by atoms with van der Waals surface area (Å²) in [6.07, 6.45) is 1.54. The van der Waals surface area contributed by atoms with Gasteiger partial charge in [-0.05, 0) is 55.0 Å². The van der Waals surface area contributed by atoms with E-state index in [4.69, 9.17) is 21.1 Å². The van der Waals surface area contributed by atoms with Crippen LogP contribution < -0.4 is 14.9 Å². The van der Waals surface area contributed by atoms with Crippen molar-refractivity contribution in [1.82, 2.24) is 5.43 Å². The van der Waals surface area contributed by atoms with Gasteiger partial charge in [-0.25, -0.2) is 5.43 Å². The van der Waals surface area contributed by atoms with Gasteiger partial charge in [0.1, 0.15) is 0 Å². The van der Waals surface area contributed by atoms with Crippen LogP contribution in [0, 0.1) is 0 Å². The number of rotatable bonds is 6. The lowest BCUT2D eigenvalue weighted by atomic mass is 10.2. The Morgan fingerprint density at radius 1 is 1.22 bits per heavy atom. The molecule has 5 nitrogen and oxygen atoms in total. The lowest BCUT2D eigenvalue weighted by Gasteiger charge is -2.09. The van der Waals surface area contributed by atoms with E-state index in [9.17, 15) is 4.79 Å². The van der Waals surface area contributed by atoms with E-state index in [1.165, 1.54) is 6.21 Å². The summed E-state index contributed by atoms with van der Waals surface area (Å²) >= 11 is 5.78. The van der Waals surface area contributed by atoms with E-state index >= 15 is 0 Å². The van der Waals surface area contributed by atoms with Crippen molar-refractivity contribution in [3.8, 4) is 11.5 Å². The summed E-state index contributed by atoms with van der Waals surface area (Å²) in [7, 11) is 1.58. The van der Waals surface area contributed by atoms with Gasteiger partial charge in [0.2, 0.25) is 0 Å². The third kappa shape index (κ3) is 4.72. The molecule has 0 aliphatic rings. The van der Waals surface area contributed by atoms with Crippen LogP contribution in [-0.4, -0.2) is 25.8 Å². The fourth-order valence-electron chi connectivity index (χ4n) is 1.87. The molecule has 0 aliphatic carbocycles. The molecule has 2 aromatic carbocycles. The number of carbonyl (C=O) groups is 1. The van der Waals surface area contributed by atoms with E-state index in [-0.39, 0.29) is 5.91 Å². The smallest absolute Gasteiger partial charge is 0.271 e. The number of amides is 1. The van der Waals surface area contributed by atoms with E-state index in [0.717, 1.165) is 5.56 Å². The molecular weight excluding hydrogens is 316 g/mol. The second kappa shape index (κ2) is 8.19. The molecule has 0 bridgehead atoms. The Bertz CT molecular complexity index is 699. The molecule has 2 aromatic rings. The summed E-state index contributed by atoms with van der Waals surface area (Å²) in [5.41, 5.74) is 3.73. The van der Waals surface area contributed by atoms with Gasteiger partial charge in [-0.3, -0.25) is 4.79 Å². The normalized spacial score (nSPS) is 10.6. The number of ether oxygens (including phenoxy) is 2. The average Bonchev–Trinajstić information content (AvgIpc) is 2.56. The quantitative estimate of drug-likeness (QED) is 0.650. The van der Waals surface area contributed by atoms with Crippen LogP contribution >= 0.6 is 11.6 Å². The zero-order chi connectivity index (χ0) is 16.7. The van der Waals surface area contributed by atoms with E-state index in [2.05, 4.69) is 10.5 Å². The molecule has 120 valence electrons.